The smallest absolute Gasteiger partial charge is 0.305 e. The lowest BCUT2D eigenvalue weighted by Gasteiger charge is -2.10. The molecule has 0 fully saturated rings. The monoisotopic (exact) mass is 270 g/mol. The predicted molar refractivity (Wildman–Crippen MR) is 75.0 cm³/mol. The Morgan fingerprint density at radius 2 is 2.35 bits per heavy atom. The van der Waals surface area contributed by atoms with E-state index in [4.69, 9.17) is 5.53 Å². The van der Waals surface area contributed by atoms with Gasteiger partial charge in [0, 0.05) is 16.5 Å². The summed E-state index contributed by atoms with van der Waals surface area (Å²) in [6, 6.07) is 9.21. The lowest BCUT2D eigenvalue weighted by atomic mass is 10.0. The number of esters is 1. The number of ether oxygens (including phenoxy) is 1. The van der Waals surface area contributed by atoms with Gasteiger partial charge in [0.2, 0.25) is 0 Å². The van der Waals surface area contributed by atoms with Gasteiger partial charge < -0.3 is 4.74 Å². The first kappa shape index (κ1) is 13.8. The minimum Gasteiger partial charge on any atom is -0.469 e. The van der Waals surface area contributed by atoms with E-state index in [2.05, 4.69) is 19.7 Å². The molecule has 0 saturated carbocycles. The summed E-state index contributed by atoms with van der Waals surface area (Å²) >= 11 is 0. The maximum Gasteiger partial charge on any atom is 0.305 e. The Hall–Kier alpha value is -2.59. The average Bonchev–Trinajstić information content (AvgIpc) is 2.47. The fraction of sp³-hybridized carbons (Fsp3) is 0.286. The second-order valence-electron chi connectivity index (χ2n) is 4.37. The van der Waals surface area contributed by atoms with E-state index in [0.29, 0.717) is 6.42 Å². The summed E-state index contributed by atoms with van der Waals surface area (Å²) < 4.78 is 4.60. The third-order valence-corrected chi connectivity index (χ3v) is 2.98. The first-order chi connectivity index (χ1) is 9.72. The number of nitrogens with zero attached hydrogens (tertiary/aromatic N) is 4. The van der Waals surface area contributed by atoms with E-state index in [1.165, 1.54) is 7.11 Å². The van der Waals surface area contributed by atoms with Crippen molar-refractivity contribution in [2.45, 2.75) is 18.9 Å². The van der Waals surface area contributed by atoms with E-state index in [1.807, 2.05) is 30.3 Å². The molecular formula is C14H14N4O2. The predicted octanol–water partition coefficient (Wildman–Crippen LogP) is 3.02. The van der Waals surface area contributed by atoms with Gasteiger partial charge in [-0.3, -0.25) is 9.78 Å². The molecule has 0 bridgehead atoms. The van der Waals surface area contributed by atoms with Crippen molar-refractivity contribution in [3.05, 3.63) is 52.5 Å². The number of hydrogen-bond donors (Lipinski definition) is 0. The quantitative estimate of drug-likeness (QED) is 0.362. The van der Waals surface area contributed by atoms with Crippen molar-refractivity contribution in [2.75, 3.05) is 7.11 Å². The van der Waals surface area contributed by atoms with E-state index in [1.54, 1.807) is 6.20 Å². The highest BCUT2D eigenvalue weighted by atomic mass is 16.5. The van der Waals surface area contributed by atoms with Crippen molar-refractivity contribution in [3.8, 4) is 0 Å². The summed E-state index contributed by atoms with van der Waals surface area (Å²) in [6.07, 6.45) is 2.30. The molecule has 0 radical (unpaired) electrons. The van der Waals surface area contributed by atoms with Crippen molar-refractivity contribution in [3.63, 3.8) is 0 Å². The van der Waals surface area contributed by atoms with E-state index < -0.39 is 6.04 Å². The maximum absolute atomic E-state index is 11.3. The van der Waals surface area contributed by atoms with Crippen LogP contribution in [0, 0.1) is 0 Å². The molecule has 2 rings (SSSR count). The number of carbonyl (C=O) groups is 1. The van der Waals surface area contributed by atoms with Gasteiger partial charge >= 0.3 is 5.97 Å². The molecule has 0 N–H and O–H groups in total. The van der Waals surface area contributed by atoms with Crippen LogP contribution in [0.2, 0.25) is 0 Å². The van der Waals surface area contributed by atoms with Gasteiger partial charge in [0.15, 0.2) is 0 Å². The van der Waals surface area contributed by atoms with Crippen LogP contribution in [0.3, 0.4) is 0 Å². The van der Waals surface area contributed by atoms with Crippen molar-refractivity contribution in [1.82, 2.24) is 4.98 Å². The van der Waals surface area contributed by atoms with Gasteiger partial charge in [0.25, 0.3) is 0 Å². The van der Waals surface area contributed by atoms with Gasteiger partial charge in [-0.25, -0.2) is 0 Å². The minimum atomic E-state index is -0.443. The zero-order valence-corrected chi connectivity index (χ0v) is 11.1. The Kier molecular flexibility index (Phi) is 4.52. The average molecular weight is 270 g/mol. The third kappa shape index (κ3) is 3.46. The van der Waals surface area contributed by atoms with Gasteiger partial charge in [-0.05, 0) is 35.7 Å². The molecule has 0 aliphatic heterocycles. The zero-order valence-electron chi connectivity index (χ0n) is 11.1. The highest BCUT2D eigenvalue weighted by Gasteiger charge is 2.13. The minimum absolute atomic E-state index is 0.0750. The molecule has 102 valence electrons. The van der Waals surface area contributed by atoms with Gasteiger partial charge in [0.1, 0.15) is 0 Å². The lowest BCUT2D eigenvalue weighted by Crippen LogP contribution is -2.15. The summed E-state index contributed by atoms with van der Waals surface area (Å²) in [5, 5.41) is 4.67. The summed E-state index contributed by atoms with van der Waals surface area (Å²) in [5.74, 6) is -0.384. The van der Waals surface area contributed by atoms with Crippen LogP contribution < -0.4 is 0 Å². The topological polar surface area (TPSA) is 88.0 Å². The van der Waals surface area contributed by atoms with Crippen LogP contribution in [0.5, 0.6) is 0 Å². The molecule has 20 heavy (non-hydrogen) atoms. The van der Waals surface area contributed by atoms with Crippen molar-refractivity contribution < 1.29 is 9.53 Å². The Morgan fingerprint density at radius 1 is 1.50 bits per heavy atom. The van der Waals surface area contributed by atoms with Crippen LogP contribution in [0.15, 0.2) is 41.6 Å². The molecule has 0 aliphatic rings. The molecule has 0 saturated heterocycles. The van der Waals surface area contributed by atoms with Crippen LogP contribution in [-0.2, 0) is 16.0 Å². The number of benzene rings is 1. The summed E-state index contributed by atoms with van der Waals surface area (Å²) in [5.41, 5.74) is 10.5. The number of carbonyl (C=O) groups excluding carboxylic acids is 1. The molecule has 2 aromatic rings. The Bertz CT molecular complexity index is 665. The SMILES string of the molecule is COC(=O)C[C@@H](Cc1ccc2ncccc2c1)N=[N+]=[N-]. The lowest BCUT2D eigenvalue weighted by molar-refractivity contribution is -0.140. The molecule has 1 heterocycles. The second kappa shape index (κ2) is 6.54. The first-order valence-corrected chi connectivity index (χ1v) is 6.17. The fourth-order valence-electron chi connectivity index (χ4n) is 2.03. The van der Waals surface area contributed by atoms with Crippen molar-refractivity contribution >= 4 is 16.9 Å². The van der Waals surface area contributed by atoms with Crippen LogP contribution in [0.25, 0.3) is 21.3 Å². The van der Waals surface area contributed by atoms with E-state index in [-0.39, 0.29) is 12.4 Å². The second-order valence-corrected chi connectivity index (χ2v) is 4.37. The van der Waals surface area contributed by atoms with Crippen LogP contribution in [-0.4, -0.2) is 24.1 Å². The van der Waals surface area contributed by atoms with E-state index in [0.717, 1.165) is 16.5 Å². The van der Waals surface area contributed by atoms with Gasteiger partial charge in [-0.15, -0.1) is 0 Å². The number of pyridine rings is 1. The Labute approximate surface area is 116 Å². The molecule has 0 aliphatic carbocycles. The molecule has 6 nitrogen and oxygen atoms in total. The maximum atomic E-state index is 11.3. The van der Waals surface area contributed by atoms with Gasteiger partial charge in [-0.1, -0.05) is 17.2 Å². The number of azide groups is 1. The number of rotatable bonds is 5. The summed E-state index contributed by atoms with van der Waals surface area (Å²) in [7, 11) is 1.32. The molecule has 1 aromatic carbocycles. The Balaban J connectivity index is 2.19. The van der Waals surface area contributed by atoms with Gasteiger partial charge in [0.05, 0.1) is 25.1 Å². The molecule has 1 aromatic heterocycles. The number of fused-ring (bicyclic) bond motifs is 1. The molecule has 0 spiro atoms. The molecule has 6 heteroatoms. The van der Waals surface area contributed by atoms with Gasteiger partial charge in [-0.2, -0.15) is 0 Å². The summed E-state index contributed by atoms with van der Waals surface area (Å²) in [4.78, 5) is 18.3. The molecule has 0 unspecified atom stereocenters. The fourth-order valence-corrected chi connectivity index (χ4v) is 2.03. The summed E-state index contributed by atoms with van der Waals surface area (Å²) in [6.45, 7) is 0. The molecular weight excluding hydrogens is 256 g/mol. The van der Waals surface area contributed by atoms with E-state index in [9.17, 15) is 4.79 Å². The standard InChI is InChI=1S/C14H14N4O2/c1-20-14(19)9-12(17-18-15)8-10-4-5-13-11(7-10)3-2-6-16-13/h2-7,12H,8-9H2,1H3/t12-/m1/s1. The highest BCUT2D eigenvalue weighted by Crippen LogP contribution is 2.16. The van der Waals surface area contributed by atoms with E-state index >= 15 is 0 Å². The number of methoxy groups -OCH3 is 1. The molecule has 1 atom stereocenters. The molecule has 0 amide bonds. The van der Waals surface area contributed by atoms with Crippen molar-refractivity contribution in [1.29, 1.82) is 0 Å². The first-order valence-electron chi connectivity index (χ1n) is 6.17. The number of hydrogen-bond acceptors (Lipinski definition) is 4. The largest absolute Gasteiger partial charge is 0.469 e. The highest BCUT2D eigenvalue weighted by molar-refractivity contribution is 5.79. The Morgan fingerprint density at radius 3 is 3.10 bits per heavy atom. The van der Waals surface area contributed by atoms with Crippen molar-refractivity contribution in [2.24, 2.45) is 5.11 Å². The number of aromatic nitrogens is 1. The normalized spacial score (nSPS) is 11.7. The van der Waals surface area contributed by atoms with Crippen LogP contribution in [0.1, 0.15) is 12.0 Å². The van der Waals surface area contributed by atoms with Crippen LogP contribution in [0.4, 0.5) is 0 Å². The zero-order chi connectivity index (χ0) is 14.4. The van der Waals surface area contributed by atoms with Crippen LogP contribution >= 0.6 is 0 Å². The third-order valence-electron chi connectivity index (χ3n) is 2.98.